The fourth-order valence-electron chi connectivity index (χ4n) is 3.77. The number of nitrogens with zero attached hydrogens (tertiary/aromatic N) is 3. The number of hydrogen-bond donors (Lipinski definition) is 2. The van der Waals surface area contributed by atoms with Crippen molar-refractivity contribution in [3.8, 4) is 0 Å². The fraction of sp³-hybridized carbons (Fsp3) is 0.400. The summed E-state index contributed by atoms with van der Waals surface area (Å²) < 4.78 is 0. The number of aryl methyl sites for hydroxylation is 1. The van der Waals surface area contributed by atoms with Crippen molar-refractivity contribution in [3.63, 3.8) is 0 Å². The number of piperidine rings is 1. The van der Waals surface area contributed by atoms with E-state index in [1.807, 2.05) is 6.07 Å². The van der Waals surface area contributed by atoms with Gasteiger partial charge in [-0.15, -0.1) is 0 Å². The van der Waals surface area contributed by atoms with Gasteiger partial charge >= 0.3 is 0 Å². The Hall–Kier alpha value is -2.40. The van der Waals surface area contributed by atoms with Gasteiger partial charge in [0.05, 0.1) is 5.52 Å². The number of aromatic nitrogens is 3. The molecule has 0 aliphatic carbocycles. The number of H-pyrrole nitrogens is 1. The number of rotatable bonds is 4. The molecule has 0 radical (unpaired) electrons. The average molecular weight is 336 g/mol. The molecule has 1 aliphatic rings. The molecule has 1 atom stereocenters. The molecule has 130 valence electrons. The second-order valence-corrected chi connectivity index (χ2v) is 6.75. The van der Waals surface area contributed by atoms with Crippen LogP contribution < -0.4 is 4.90 Å². The molecule has 0 saturated carbocycles. The van der Waals surface area contributed by atoms with Crippen molar-refractivity contribution in [3.05, 3.63) is 54.2 Å². The van der Waals surface area contributed by atoms with Crippen LogP contribution in [0.25, 0.3) is 10.9 Å². The van der Waals surface area contributed by atoms with Crippen molar-refractivity contribution in [2.45, 2.75) is 32.3 Å². The molecule has 3 aromatic rings. The molecule has 5 nitrogen and oxygen atoms in total. The number of hydrogen-bond acceptors (Lipinski definition) is 4. The lowest BCUT2D eigenvalue weighted by atomic mass is 9.90. The predicted molar refractivity (Wildman–Crippen MR) is 99.6 cm³/mol. The summed E-state index contributed by atoms with van der Waals surface area (Å²) >= 11 is 0. The lowest BCUT2D eigenvalue weighted by molar-refractivity contribution is 0.0857. The number of fused-ring (bicyclic) bond motifs is 1. The summed E-state index contributed by atoms with van der Waals surface area (Å²) in [6.45, 7) is 4.03. The quantitative estimate of drug-likeness (QED) is 0.766. The highest BCUT2D eigenvalue weighted by atomic mass is 16.3. The van der Waals surface area contributed by atoms with Gasteiger partial charge in [-0.05, 0) is 37.3 Å². The van der Waals surface area contributed by atoms with Crippen LogP contribution >= 0.6 is 0 Å². The van der Waals surface area contributed by atoms with Gasteiger partial charge in [0, 0.05) is 42.3 Å². The van der Waals surface area contributed by atoms with Crippen LogP contribution in [0.4, 0.5) is 5.69 Å². The summed E-state index contributed by atoms with van der Waals surface area (Å²) in [4.78, 5) is 14.4. The Balaban J connectivity index is 1.55. The number of aliphatic hydroxyl groups excluding tert-OH is 1. The summed E-state index contributed by atoms with van der Waals surface area (Å²) in [6, 6.07) is 10.6. The molecule has 5 heteroatoms. The fourth-order valence-corrected chi connectivity index (χ4v) is 3.77. The molecule has 2 aromatic heterocycles. The number of para-hydroxylation sites is 1. The molecule has 0 amide bonds. The highest BCUT2D eigenvalue weighted by Crippen LogP contribution is 2.34. The van der Waals surface area contributed by atoms with E-state index in [4.69, 9.17) is 4.98 Å². The van der Waals surface area contributed by atoms with Gasteiger partial charge in [-0.1, -0.05) is 25.1 Å². The van der Waals surface area contributed by atoms with Gasteiger partial charge in [0.15, 0.2) is 0 Å². The monoisotopic (exact) mass is 336 g/mol. The topological polar surface area (TPSA) is 65.0 Å². The van der Waals surface area contributed by atoms with Crippen LogP contribution in [0, 0.1) is 5.92 Å². The van der Waals surface area contributed by atoms with E-state index >= 15 is 0 Å². The summed E-state index contributed by atoms with van der Waals surface area (Å²) in [5.41, 5.74) is 3.47. The molecule has 1 aromatic carbocycles. The molecule has 0 spiro atoms. The lowest BCUT2D eigenvalue weighted by Crippen LogP contribution is -2.36. The van der Waals surface area contributed by atoms with E-state index in [0.717, 1.165) is 43.6 Å². The van der Waals surface area contributed by atoms with Crippen molar-refractivity contribution < 1.29 is 5.11 Å². The Kier molecular flexibility index (Phi) is 4.40. The second kappa shape index (κ2) is 6.84. The molecule has 1 saturated heterocycles. The van der Waals surface area contributed by atoms with E-state index in [1.54, 1.807) is 12.4 Å². The normalized spacial score (nSPS) is 17.1. The van der Waals surface area contributed by atoms with Crippen LogP contribution in [0.5, 0.6) is 0 Å². The van der Waals surface area contributed by atoms with Crippen molar-refractivity contribution in [1.29, 1.82) is 0 Å². The van der Waals surface area contributed by atoms with E-state index in [1.165, 1.54) is 11.1 Å². The molecule has 3 heterocycles. The van der Waals surface area contributed by atoms with Crippen molar-refractivity contribution in [2.75, 3.05) is 18.0 Å². The van der Waals surface area contributed by atoms with Crippen LogP contribution in [0.15, 0.2) is 42.7 Å². The minimum absolute atomic E-state index is 0.251. The van der Waals surface area contributed by atoms with Gasteiger partial charge in [0.2, 0.25) is 0 Å². The number of aliphatic hydroxyl groups is 1. The van der Waals surface area contributed by atoms with Crippen molar-refractivity contribution in [1.82, 2.24) is 15.0 Å². The van der Waals surface area contributed by atoms with Gasteiger partial charge in [-0.3, -0.25) is 4.98 Å². The number of benzene rings is 1. The zero-order valence-corrected chi connectivity index (χ0v) is 14.5. The number of anilines is 1. The number of imidazole rings is 1. The first-order valence-corrected chi connectivity index (χ1v) is 9.07. The van der Waals surface area contributed by atoms with Gasteiger partial charge < -0.3 is 15.0 Å². The third-order valence-corrected chi connectivity index (χ3v) is 5.24. The van der Waals surface area contributed by atoms with E-state index in [-0.39, 0.29) is 5.92 Å². The maximum Gasteiger partial charge on any atom is 0.135 e. The average Bonchev–Trinajstić information content (AvgIpc) is 3.21. The number of pyridine rings is 1. The van der Waals surface area contributed by atoms with E-state index in [0.29, 0.717) is 5.82 Å². The first-order valence-electron chi connectivity index (χ1n) is 9.07. The smallest absolute Gasteiger partial charge is 0.135 e. The Morgan fingerprint density at radius 3 is 2.80 bits per heavy atom. The largest absolute Gasteiger partial charge is 0.385 e. The van der Waals surface area contributed by atoms with Gasteiger partial charge in [0.25, 0.3) is 0 Å². The summed E-state index contributed by atoms with van der Waals surface area (Å²) in [5, 5.41) is 11.7. The van der Waals surface area contributed by atoms with E-state index in [9.17, 15) is 5.11 Å². The van der Waals surface area contributed by atoms with Crippen LogP contribution in [0.1, 0.15) is 37.4 Å². The standard InChI is InChI=1S/C20H24N4O/c1-2-15-13-18(16-5-3-4-6-17(16)23-15)24-11-7-14(8-12-24)19(25)20-21-9-10-22-20/h3-6,9-10,13-14,19,25H,2,7-8,11-12H2,1H3,(H,21,22). The highest BCUT2D eigenvalue weighted by Gasteiger charge is 2.28. The molecule has 4 rings (SSSR count). The third-order valence-electron chi connectivity index (χ3n) is 5.24. The zero-order valence-electron chi connectivity index (χ0n) is 14.5. The van der Waals surface area contributed by atoms with Crippen LogP contribution in [0.2, 0.25) is 0 Å². The van der Waals surface area contributed by atoms with Gasteiger partial charge in [-0.25, -0.2) is 4.98 Å². The molecule has 25 heavy (non-hydrogen) atoms. The minimum Gasteiger partial charge on any atom is -0.385 e. The number of nitrogens with one attached hydrogen (secondary N) is 1. The minimum atomic E-state index is -0.502. The van der Waals surface area contributed by atoms with Crippen molar-refractivity contribution in [2.24, 2.45) is 5.92 Å². The predicted octanol–water partition coefficient (Wildman–Crippen LogP) is 3.47. The molecular formula is C20H24N4O. The molecular weight excluding hydrogens is 312 g/mol. The van der Waals surface area contributed by atoms with Crippen LogP contribution in [-0.4, -0.2) is 33.1 Å². The maximum atomic E-state index is 10.5. The second-order valence-electron chi connectivity index (χ2n) is 6.75. The molecule has 0 bridgehead atoms. The van der Waals surface area contributed by atoms with Gasteiger partial charge in [0.1, 0.15) is 11.9 Å². The Labute approximate surface area is 147 Å². The summed E-state index contributed by atoms with van der Waals surface area (Å²) in [5.74, 6) is 0.933. The highest BCUT2D eigenvalue weighted by molar-refractivity contribution is 5.92. The molecule has 1 fully saturated rings. The van der Waals surface area contributed by atoms with Crippen molar-refractivity contribution >= 4 is 16.6 Å². The molecule has 2 N–H and O–H groups in total. The maximum absolute atomic E-state index is 10.5. The lowest BCUT2D eigenvalue weighted by Gasteiger charge is -2.35. The Morgan fingerprint density at radius 1 is 1.28 bits per heavy atom. The Bertz CT molecular complexity index is 838. The molecule has 1 aliphatic heterocycles. The van der Waals surface area contributed by atoms with Crippen LogP contribution in [0.3, 0.4) is 0 Å². The van der Waals surface area contributed by atoms with Gasteiger partial charge in [-0.2, -0.15) is 0 Å². The third kappa shape index (κ3) is 3.12. The first kappa shape index (κ1) is 16.1. The number of aromatic amines is 1. The van der Waals surface area contributed by atoms with E-state index in [2.05, 4.69) is 46.1 Å². The molecule has 1 unspecified atom stereocenters. The SMILES string of the molecule is CCc1cc(N2CCC(C(O)c3ncc[nH]3)CC2)c2ccccc2n1. The first-order chi connectivity index (χ1) is 12.3. The summed E-state index contributed by atoms with van der Waals surface area (Å²) in [6.07, 6.45) is 5.81. The zero-order chi connectivity index (χ0) is 17.2. The summed E-state index contributed by atoms with van der Waals surface area (Å²) in [7, 11) is 0. The van der Waals surface area contributed by atoms with E-state index < -0.39 is 6.10 Å². The van der Waals surface area contributed by atoms with Crippen LogP contribution in [-0.2, 0) is 6.42 Å². The Morgan fingerprint density at radius 2 is 2.08 bits per heavy atom.